The summed E-state index contributed by atoms with van der Waals surface area (Å²) in [5.74, 6) is 0. The lowest BCUT2D eigenvalue weighted by atomic mass is 10.1. The van der Waals surface area contributed by atoms with Gasteiger partial charge in [-0.25, -0.2) is 0 Å². The fourth-order valence-electron chi connectivity index (χ4n) is 1.76. The largest absolute Gasteiger partial charge is 0.359 e. The van der Waals surface area contributed by atoms with E-state index in [0.29, 0.717) is 0 Å². The van der Waals surface area contributed by atoms with Gasteiger partial charge < -0.3 is 10.6 Å². The summed E-state index contributed by atoms with van der Waals surface area (Å²) in [5.41, 5.74) is 3.83. The molecule has 0 amide bonds. The van der Waals surface area contributed by atoms with Crippen molar-refractivity contribution in [2.45, 2.75) is 26.2 Å². The Kier molecular flexibility index (Phi) is 2.73. The first-order valence-corrected chi connectivity index (χ1v) is 5.13. The van der Waals surface area contributed by atoms with Gasteiger partial charge in [-0.05, 0) is 37.8 Å². The maximum absolute atomic E-state index is 3.30. The molecule has 0 spiro atoms. The number of allylic oxidation sites excluding steroid dienone is 4. The predicted molar refractivity (Wildman–Crippen MR) is 59.2 cm³/mol. The second-order valence-corrected chi connectivity index (χ2v) is 3.68. The second kappa shape index (κ2) is 4.18. The van der Waals surface area contributed by atoms with Crippen molar-refractivity contribution in [3.63, 3.8) is 0 Å². The molecule has 0 saturated heterocycles. The molecule has 1 aliphatic heterocycles. The third kappa shape index (κ3) is 1.90. The van der Waals surface area contributed by atoms with Gasteiger partial charge in [0.05, 0.1) is 11.4 Å². The first kappa shape index (κ1) is 9.13. The molecule has 1 heterocycles. The van der Waals surface area contributed by atoms with Gasteiger partial charge in [0.1, 0.15) is 0 Å². The van der Waals surface area contributed by atoms with Crippen molar-refractivity contribution in [3.05, 3.63) is 47.6 Å². The fraction of sp³-hybridized carbons (Fsp3) is 0.333. The molecule has 2 nitrogen and oxygen atoms in total. The summed E-state index contributed by atoms with van der Waals surface area (Å²) in [5, 5.41) is 6.56. The Morgan fingerprint density at radius 3 is 3.00 bits per heavy atom. The summed E-state index contributed by atoms with van der Waals surface area (Å²) in [6, 6.07) is 0. The minimum Gasteiger partial charge on any atom is -0.359 e. The first-order chi connectivity index (χ1) is 6.88. The van der Waals surface area contributed by atoms with Crippen LogP contribution in [-0.2, 0) is 0 Å². The van der Waals surface area contributed by atoms with E-state index in [1.165, 1.54) is 36.2 Å². The number of fused-ring (bicyclic) bond motifs is 1. The van der Waals surface area contributed by atoms with Gasteiger partial charge in [0.2, 0.25) is 0 Å². The lowest BCUT2D eigenvalue weighted by molar-refractivity contribution is 0.801. The summed E-state index contributed by atoms with van der Waals surface area (Å²) < 4.78 is 0. The normalized spacial score (nSPS) is 32.2. The number of hydrogen-bond acceptors (Lipinski definition) is 2. The van der Waals surface area contributed by atoms with Gasteiger partial charge in [-0.1, -0.05) is 12.2 Å². The monoisotopic (exact) mass is 188 g/mol. The van der Waals surface area contributed by atoms with Crippen LogP contribution < -0.4 is 10.6 Å². The highest BCUT2D eigenvalue weighted by molar-refractivity contribution is 5.39. The Balaban J connectivity index is 2.36. The van der Waals surface area contributed by atoms with Crippen LogP contribution in [0.2, 0.25) is 0 Å². The van der Waals surface area contributed by atoms with Gasteiger partial charge in [0.25, 0.3) is 0 Å². The average Bonchev–Trinajstić information content (AvgIpc) is 2.30. The molecule has 2 N–H and O–H groups in total. The van der Waals surface area contributed by atoms with Crippen molar-refractivity contribution in [1.29, 1.82) is 0 Å². The molecule has 0 aromatic rings. The van der Waals surface area contributed by atoms with E-state index in [2.05, 4.69) is 35.8 Å². The molecule has 2 aliphatic rings. The molecule has 0 aromatic carbocycles. The lowest BCUT2D eigenvalue weighted by Gasteiger charge is -2.19. The maximum atomic E-state index is 3.30. The molecule has 0 bridgehead atoms. The maximum Gasteiger partial charge on any atom is 0.0618 e. The molecular weight excluding hydrogens is 172 g/mol. The second-order valence-electron chi connectivity index (χ2n) is 3.68. The first-order valence-electron chi connectivity index (χ1n) is 5.13. The standard InChI is InChI=1S/C12H16N2/c1-10-6-4-2-3-5-7-11-12(10)14-9-8-13-11/h3,5,7-9,13-14H,2,4,6H2,1H3/b5-3-,11-7+,12-10+. The number of nitrogens with one attached hydrogen (secondary N) is 2. The quantitative estimate of drug-likeness (QED) is 0.610. The van der Waals surface area contributed by atoms with Crippen molar-refractivity contribution < 1.29 is 0 Å². The highest BCUT2D eigenvalue weighted by atomic mass is 15.0. The van der Waals surface area contributed by atoms with Crippen LogP contribution in [0.3, 0.4) is 0 Å². The molecule has 0 atom stereocenters. The molecular formula is C12H16N2. The molecule has 0 unspecified atom stereocenters. The van der Waals surface area contributed by atoms with Gasteiger partial charge in [-0.15, -0.1) is 0 Å². The zero-order chi connectivity index (χ0) is 9.80. The molecule has 0 radical (unpaired) electrons. The molecule has 2 rings (SSSR count). The van der Waals surface area contributed by atoms with Crippen LogP contribution >= 0.6 is 0 Å². The van der Waals surface area contributed by atoms with Crippen LogP contribution in [-0.4, -0.2) is 0 Å². The van der Waals surface area contributed by atoms with Crippen LogP contribution in [0.1, 0.15) is 26.2 Å². The van der Waals surface area contributed by atoms with Gasteiger partial charge in [0.15, 0.2) is 0 Å². The summed E-state index contributed by atoms with van der Waals surface area (Å²) in [6.07, 6.45) is 13.9. The van der Waals surface area contributed by atoms with E-state index < -0.39 is 0 Å². The van der Waals surface area contributed by atoms with Gasteiger partial charge in [-0.3, -0.25) is 0 Å². The van der Waals surface area contributed by atoms with Crippen LogP contribution in [0.15, 0.2) is 47.6 Å². The van der Waals surface area contributed by atoms with Crippen LogP contribution in [0.4, 0.5) is 0 Å². The van der Waals surface area contributed by atoms with Crippen LogP contribution in [0.5, 0.6) is 0 Å². The Bertz CT molecular complexity index is 332. The molecule has 14 heavy (non-hydrogen) atoms. The molecule has 0 aromatic heterocycles. The third-order valence-corrected chi connectivity index (χ3v) is 2.57. The van der Waals surface area contributed by atoms with E-state index in [1.54, 1.807) is 0 Å². The summed E-state index contributed by atoms with van der Waals surface area (Å²) in [6.45, 7) is 2.20. The highest BCUT2D eigenvalue weighted by Gasteiger charge is 2.09. The van der Waals surface area contributed by atoms with Crippen molar-refractivity contribution in [1.82, 2.24) is 10.6 Å². The Hall–Kier alpha value is -1.44. The van der Waals surface area contributed by atoms with E-state index in [0.717, 1.165) is 0 Å². The fourth-order valence-corrected chi connectivity index (χ4v) is 1.76. The van der Waals surface area contributed by atoms with Crippen LogP contribution in [0, 0.1) is 0 Å². The Morgan fingerprint density at radius 1 is 1.21 bits per heavy atom. The number of hydrogen-bond donors (Lipinski definition) is 2. The number of rotatable bonds is 0. The highest BCUT2D eigenvalue weighted by Crippen LogP contribution is 2.19. The topological polar surface area (TPSA) is 24.1 Å². The van der Waals surface area contributed by atoms with E-state index in [1.807, 2.05) is 12.4 Å². The summed E-state index contributed by atoms with van der Waals surface area (Å²) in [4.78, 5) is 0. The zero-order valence-corrected chi connectivity index (χ0v) is 8.51. The van der Waals surface area contributed by atoms with E-state index >= 15 is 0 Å². The van der Waals surface area contributed by atoms with Crippen molar-refractivity contribution in [2.75, 3.05) is 0 Å². The summed E-state index contributed by atoms with van der Waals surface area (Å²) in [7, 11) is 0. The van der Waals surface area contributed by atoms with Crippen LogP contribution in [0.25, 0.3) is 0 Å². The third-order valence-electron chi connectivity index (χ3n) is 2.57. The molecule has 0 fully saturated rings. The van der Waals surface area contributed by atoms with Crippen molar-refractivity contribution in [2.24, 2.45) is 0 Å². The molecule has 2 heteroatoms. The average molecular weight is 188 g/mol. The molecule has 0 saturated carbocycles. The zero-order valence-electron chi connectivity index (χ0n) is 8.51. The van der Waals surface area contributed by atoms with E-state index in [4.69, 9.17) is 0 Å². The predicted octanol–water partition coefficient (Wildman–Crippen LogP) is 2.55. The van der Waals surface area contributed by atoms with E-state index in [-0.39, 0.29) is 0 Å². The molecule has 1 aliphatic carbocycles. The Labute approximate surface area is 85.1 Å². The van der Waals surface area contributed by atoms with Crippen molar-refractivity contribution >= 4 is 0 Å². The Morgan fingerprint density at radius 2 is 2.07 bits per heavy atom. The van der Waals surface area contributed by atoms with Gasteiger partial charge in [0, 0.05) is 12.4 Å². The van der Waals surface area contributed by atoms with Gasteiger partial charge in [-0.2, -0.15) is 0 Å². The lowest BCUT2D eigenvalue weighted by Crippen LogP contribution is -2.23. The van der Waals surface area contributed by atoms with Gasteiger partial charge >= 0.3 is 0 Å². The minimum absolute atomic E-state index is 1.17. The molecule has 74 valence electrons. The SMILES string of the molecule is C\C1=C2/NC=CN/C2=C/C=C\CCC1. The summed E-state index contributed by atoms with van der Waals surface area (Å²) >= 11 is 0. The van der Waals surface area contributed by atoms with Crippen molar-refractivity contribution in [3.8, 4) is 0 Å². The minimum atomic E-state index is 1.17. The van der Waals surface area contributed by atoms with E-state index in [9.17, 15) is 0 Å². The smallest absolute Gasteiger partial charge is 0.0618 e.